The van der Waals surface area contributed by atoms with Crippen LogP contribution in [0.1, 0.15) is 23.1 Å². The Balaban J connectivity index is 2.57. The zero-order chi connectivity index (χ0) is 11.7. The van der Waals surface area contributed by atoms with E-state index in [4.69, 9.17) is 9.52 Å². The van der Waals surface area contributed by atoms with Crippen molar-refractivity contribution in [1.29, 1.82) is 0 Å². The minimum Gasteiger partial charge on any atom is -0.476 e. The highest BCUT2D eigenvalue weighted by molar-refractivity contribution is 5.92. The number of aromatic carboxylic acids is 1. The van der Waals surface area contributed by atoms with Crippen LogP contribution in [-0.4, -0.2) is 25.8 Å². The highest BCUT2D eigenvalue weighted by Crippen LogP contribution is 2.26. The topological polar surface area (TPSA) is 81.2 Å². The number of aryl methyl sites for hydroxylation is 2. The molecule has 0 spiro atoms. The van der Waals surface area contributed by atoms with Crippen molar-refractivity contribution in [2.45, 2.75) is 13.3 Å². The fraction of sp³-hybridized carbons (Fsp3) is 0.300. The lowest BCUT2D eigenvalue weighted by atomic mass is 10.1. The molecule has 0 aliphatic heterocycles. The maximum atomic E-state index is 10.9. The van der Waals surface area contributed by atoms with E-state index in [9.17, 15) is 4.79 Å². The first-order chi connectivity index (χ1) is 7.63. The summed E-state index contributed by atoms with van der Waals surface area (Å²) < 4.78 is 6.75. The molecule has 2 rings (SSSR count). The summed E-state index contributed by atoms with van der Waals surface area (Å²) in [6, 6.07) is 0. The Morgan fingerprint density at radius 1 is 1.62 bits per heavy atom. The molecule has 84 valence electrons. The van der Waals surface area contributed by atoms with Crippen molar-refractivity contribution in [1.82, 2.24) is 14.8 Å². The molecule has 1 N–H and O–H groups in total. The molecule has 0 radical (unpaired) electrons. The van der Waals surface area contributed by atoms with Crippen LogP contribution in [0.3, 0.4) is 0 Å². The van der Waals surface area contributed by atoms with Gasteiger partial charge in [0.25, 0.3) is 0 Å². The van der Waals surface area contributed by atoms with E-state index < -0.39 is 5.97 Å². The average molecular weight is 221 g/mol. The highest BCUT2D eigenvalue weighted by Gasteiger charge is 2.21. The van der Waals surface area contributed by atoms with Gasteiger partial charge in [-0.2, -0.15) is 5.10 Å². The molecule has 0 fully saturated rings. The Morgan fingerprint density at radius 2 is 2.38 bits per heavy atom. The van der Waals surface area contributed by atoms with E-state index in [-0.39, 0.29) is 11.5 Å². The molecule has 0 amide bonds. The Labute approximate surface area is 91.5 Å². The molecule has 0 saturated heterocycles. The van der Waals surface area contributed by atoms with Crippen LogP contribution >= 0.6 is 0 Å². The summed E-state index contributed by atoms with van der Waals surface area (Å²) in [5.41, 5.74) is 1.39. The van der Waals surface area contributed by atoms with Gasteiger partial charge in [-0.05, 0) is 6.42 Å². The van der Waals surface area contributed by atoms with Crippen molar-refractivity contribution in [3.05, 3.63) is 24.0 Å². The predicted octanol–water partition coefficient (Wildman–Crippen LogP) is 1.34. The van der Waals surface area contributed by atoms with E-state index >= 15 is 0 Å². The van der Waals surface area contributed by atoms with Gasteiger partial charge in [0, 0.05) is 13.2 Å². The van der Waals surface area contributed by atoms with Crippen LogP contribution in [0.25, 0.3) is 11.3 Å². The lowest BCUT2D eigenvalue weighted by Gasteiger charge is -1.95. The number of carbonyl (C=O) groups is 1. The smallest absolute Gasteiger partial charge is 0.358 e. The van der Waals surface area contributed by atoms with Crippen LogP contribution in [-0.2, 0) is 13.5 Å². The largest absolute Gasteiger partial charge is 0.476 e. The molecule has 2 aromatic rings. The molecular formula is C10H11N3O3. The molecule has 0 aromatic carbocycles. The summed E-state index contributed by atoms with van der Waals surface area (Å²) in [6.07, 6.45) is 3.56. The van der Waals surface area contributed by atoms with E-state index in [2.05, 4.69) is 10.1 Å². The quantitative estimate of drug-likeness (QED) is 0.845. The number of carboxylic acid groups (broad SMARTS) is 1. The van der Waals surface area contributed by atoms with Gasteiger partial charge < -0.3 is 9.52 Å². The van der Waals surface area contributed by atoms with Crippen molar-refractivity contribution in [2.24, 2.45) is 7.05 Å². The van der Waals surface area contributed by atoms with Crippen molar-refractivity contribution >= 4 is 5.97 Å². The molecule has 0 bridgehead atoms. The number of hydrogen-bond acceptors (Lipinski definition) is 4. The van der Waals surface area contributed by atoms with E-state index in [1.165, 1.54) is 0 Å². The van der Waals surface area contributed by atoms with Gasteiger partial charge in [0.15, 0.2) is 17.8 Å². The first-order valence-electron chi connectivity index (χ1n) is 4.83. The zero-order valence-electron chi connectivity index (χ0n) is 8.97. The van der Waals surface area contributed by atoms with Gasteiger partial charge >= 0.3 is 5.97 Å². The number of oxazole rings is 1. The lowest BCUT2D eigenvalue weighted by Crippen LogP contribution is -1.99. The third-order valence-electron chi connectivity index (χ3n) is 2.25. The van der Waals surface area contributed by atoms with Crippen LogP contribution in [0.4, 0.5) is 0 Å². The fourth-order valence-electron chi connectivity index (χ4n) is 1.57. The van der Waals surface area contributed by atoms with Crippen LogP contribution < -0.4 is 0 Å². The van der Waals surface area contributed by atoms with E-state index in [1.807, 2.05) is 6.92 Å². The molecule has 16 heavy (non-hydrogen) atoms. The van der Waals surface area contributed by atoms with Gasteiger partial charge in [0.2, 0.25) is 0 Å². The Bertz CT molecular complexity index is 527. The average Bonchev–Trinajstić information content (AvgIpc) is 2.82. The highest BCUT2D eigenvalue weighted by atomic mass is 16.4. The second-order valence-corrected chi connectivity index (χ2v) is 3.35. The third kappa shape index (κ3) is 1.58. The standard InChI is InChI=1S/C10H11N3O3/c1-3-7-6(4-13(2)12-7)9-8(10(14)15)11-5-16-9/h4-5H,3H2,1-2H3,(H,14,15). The maximum absolute atomic E-state index is 10.9. The van der Waals surface area contributed by atoms with Crippen molar-refractivity contribution in [2.75, 3.05) is 0 Å². The first-order valence-corrected chi connectivity index (χ1v) is 4.83. The molecule has 0 saturated carbocycles. The summed E-state index contributed by atoms with van der Waals surface area (Å²) >= 11 is 0. The molecule has 6 heteroatoms. The number of nitrogens with zero attached hydrogens (tertiary/aromatic N) is 3. The Kier molecular flexibility index (Phi) is 2.47. The number of rotatable bonds is 3. The van der Waals surface area contributed by atoms with Crippen LogP contribution in [0, 0.1) is 0 Å². The van der Waals surface area contributed by atoms with Gasteiger partial charge in [-0.3, -0.25) is 4.68 Å². The van der Waals surface area contributed by atoms with Gasteiger partial charge in [-0.15, -0.1) is 0 Å². The van der Waals surface area contributed by atoms with Crippen molar-refractivity contribution in [3.63, 3.8) is 0 Å². The molecular weight excluding hydrogens is 210 g/mol. The van der Waals surface area contributed by atoms with E-state index in [0.717, 1.165) is 12.1 Å². The van der Waals surface area contributed by atoms with Gasteiger partial charge in [-0.1, -0.05) is 6.92 Å². The summed E-state index contributed by atoms with van der Waals surface area (Å²) in [5, 5.41) is 13.2. The molecule has 2 heterocycles. The Morgan fingerprint density at radius 3 is 3.00 bits per heavy atom. The van der Waals surface area contributed by atoms with Crippen LogP contribution in [0.2, 0.25) is 0 Å². The fourth-order valence-corrected chi connectivity index (χ4v) is 1.57. The SMILES string of the molecule is CCc1nn(C)cc1-c1ocnc1C(=O)O. The second-order valence-electron chi connectivity index (χ2n) is 3.35. The summed E-state index contributed by atoms with van der Waals surface area (Å²) in [4.78, 5) is 14.6. The van der Waals surface area contributed by atoms with Crippen LogP contribution in [0.15, 0.2) is 17.0 Å². The molecule has 0 unspecified atom stereocenters. The van der Waals surface area contributed by atoms with Gasteiger partial charge in [-0.25, -0.2) is 9.78 Å². The van der Waals surface area contributed by atoms with Gasteiger partial charge in [0.1, 0.15) is 0 Å². The van der Waals surface area contributed by atoms with E-state index in [0.29, 0.717) is 12.0 Å². The van der Waals surface area contributed by atoms with Gasteiger partial charge in [0.05, 0.1) is 11.3 Å². The molecule has 0 atom stereocenters. The molecule has 2 aromatic heterocycles. The second kappa shape index (κ2) is 3.80. The summed E-state index contributed by atoms with van der Waals surface area (Å²) in [7, 11) is 1.78. The molecule has 0 aliphatic rings. The third-order valence-corrected chi connectivity index (χ3v) is 2.25. The normalized spacial score (nSPS) is 10.6. The number of aromatic nitrogens is 3. The monoisotopic (exact) mass is 221 g/mol. The van der Waals surface area contributed by atoms with Crippen molar-refractivity contribution < 1.29 is 14.3 Å². The Hall–Kier alpha value is -2.11. The zero-order valence-corrected chi connectivity index (χ0v) is 8.97. The number of carboxylic acids is 1. The lowest BCUT2D eigenvalue weighted by molar-refractivity contribution is 0.0691. The minimum atomic E-state index is -1.10. The minimum absolute atomic E-state index is 0.0808. The van der Waals surface area contributed by atoms with Crippen molar-refractivity contribution in [3.8, 4) is 11.3 Å². The predicted molar refractivity (Wildman–Crippen MR) is 55.0 cm³/mol. The first kappa shape index (κ1) is 10.4. The maximum Gasteiger partial charge on any atom is 0.358 e. The molecule has 6 nitrogen and oxygen atoms in total. The van der Waals surface area contributed by atoms with E-state index in [1.54, 1.807) is 17.9 Å². The summed E-state index contributed by atoms with van der Waals surface area (Å²) in [6.45, 7) is 1.95. The number of hydrogen-bond donors (Lipinski definition) is 1. The molecule has 0 aliphatic carbocycles. The van der Waals surface area contributed by atoms with Crippen LogP contribution in [0.5, 0.6) is 0 Å². The summed E-state index contributed by atoms with van der Waals surface area (Å²) in [5.74, 6) is -0.841.